The molecule has 2 aromatic heterocycles. The van der Waals surface area contributed by atoms with Crippen LogP contribution in [0.25, 0.3) is 11.2 Å². The van der Waals surface area contributed by atoms with Crippen LogP contribution >= 0.6 is 11.8 Å². The van der Waals surface area contributed by atoms with Crippen molar-refractivity contribution in [2.75, 3.05) is 11.1 Å². The van der Waals surface area contributed by atoms with Crippen LogP contribution in [0.15, 0.2) is 23.4 Å². The summed E-state index contributed by atoms with van der Waals surface area (Å²) >= 11 is 1.65. The Hall–Kier alpha value is -2.33. The first-order valence-corrected chi connectivity index (χ1v) is 13.0. The van der Waals surface area contributed by atoms with Gasteiger partial charge >= 0.3 is 0 Å². The minimum absolute atomic E-state index is 0.0231. The summed E-state index contributed by atoms with van der Waals surface area (Å²) in [5.74, 6) is 1.20. The van der Waals surface area contributed by atoms with Gasteiger partial charge in [-0.05, 0) is 61.1 Å². The van der Waals surface area contributed by atoms with Crippen molar-refractivity contribution >= 4 is 28.7 Å². The lowest BCUT2D eigenvalue weighted by Crippen LogP contribution is -2.17. The van der Waals surface area contributed by atoms with Crippen molar-refractivity contribution in [3.05, 3.63) is 35.4 Å². The number of nitrogens with zero attached hydrogens (tertiary/aromatic N) is 5. The van der Waals surface area contributed by atoms with Crippen LogP contribution in [-0.2, 0) is 0 Å². The second-order valence-electron chi connectivity index (χ2n) is 10.2. The second kappa shape index (κ2) is 8.41. The Kier molecular flexibility index (Phi) is 5.48. The van der Waals surface area contributed by atoms with E-state index in [1.54, 1.807) is 17.8 Å². The smallest absolute Gasteiger partial charge is 0.191 e. The molecule has 0 amide bonds. The summed E-state index contributed by atoms with van der Waals surface area (Å²) in [6.07, 6.45) is 3.57. The van der Waals surface area contributed by atoms with Gasteiger partial charge in [-0.3, -0.25) is 0 Å². The fraction of sp³-hybridized carbons (Fsp3) is 0.583. The highest BCUT2D eigenvalue weighted by Gasteiger charge is 2.41. The van der Waals surface area contributed by atoms with Crippen LogP contribution in [0.1, 0.15) is 57.1 Å². The second-order valence-corrected chi connectivity index (χ2v) is 11.2. The molecule has 3 saturated carbocycles. The highest BCUT2D eigenvalue weighted by molar-refractivity contribution is 7.99. The molecule has 0 spiro atoms. The van der Waals surface area contributed by atoms with Gasteiger partial charge < -0.3 is 10.4 Å². The van der Waals surface area contributed by atoms with Crippen molar-refractivity contribution in [2.45, 2.75) is 68.8 Å². The maximum Gasteiger partial charge on any atom is 0.191 e. The number of rotatable bonds is 7. The van der Waals surface area contributed by atoms with Gasteiger partial charge in [-0.25, -0.2) is 23.4 Å². The molecule has 3 aliphatic rings. The van der Waals surface area contributed by atoms with Gasteiger partial charge in [-0.1, -0.05) is 36.9 Å². The fourth-order valence-corrected chi connectivity index (χ4v) is 6.04. The zero-order valence-corrected chi connectivity index (χ0v) is 20.0. The quantitative estimate of drug-likeness (QED) is 0.374. The molecule has 0 radical (unpaired) electrons. The highest BCUT2D eigenvalue weighted by atomic mass is 32.2. The van der Waals surface area contributed by atoms with E-state index in [1.165, 1.54) is 25.0 Å². The molecule has 180 valence electrons. The molecule has 1 unspecified atom stereocenters. The number of hydrogen-bond acceptors (Lipinski definition) is 7. The van der Waals surface area contributed by atoms with E-state index < -0.39 is 11.6 Å². The van der Waals surface area contributed by atoms with Crippen molar-refractivity contribution in [1.29, 1.82) is 0 Å². The molecule has 3 aromatic rings. The Bertz CT molecular complexity index is 1230. The van der Waals surface area contributed by atoms with Crippen molar-refractivity contribution in [2.24, 2.45) is 17.8 Å². The van der Waals surface area contributed by atoms with E-state index in [2.05, 4.69) is 29.5 Å². The third-order valence-corrected chi connectivity index (χ3v) is 8.85. The number of aromatic nitrogens is 5. The molecular weight excluding hydrogens is 458 g/mol. The molecule has 0 bridgehead atoms. The fourth-order valence-electron chi connectivity index (χ4n) is 5.02. The lowest BCUT2D eigenvalue weighted by atomic mass is 9.97. The van der Waals surface area contributed by atoms with E-state index in [4.69, 9.17) is 9.97 Å². The predicted molar refractivity (Wildman–Crippen MR) is 126 cm³/mol. The van der Waals surface area contributed by atoms with Gasteiger partial charge in [0.25, 0.3) is 0 Å². The Balaban J connectivity index is 1.30. The molecule has 2 N–H and O–H groups in total. The first-order valence-electron chi connectivity index (χ1n) is 12.0. The number of fused-ring (bicyclic) bond motifs is 1. The van der Waals surface area contributed by atoms with Crippen LogP contribution in [0.5, 0.6) is 0 Å². The summed E-state index contributed by atoms with van der Waals surface area (Å²) < 4.78 is 28.9. The summed E-state index contributed by atoms with van der Waals surface area (Å²) in [7, 11) is 0. The van der Waals surface area contributed by atoms with Crippen LogP contribution in [0, 0.1) is 29.4 Å². The average molecular weight is 487 g/mol. The average Bonchev–Trinajstić information content (AvgIpc) is 3.73. The zero-order chi connectivity index (χ0) is 23.6. The van der Waals surface area contributed by atoms with E-state index in [0.29, 0.717) is 28.6 Å². The molecular formula is C24H28F2N6OS. The van der Waals surface area contributed by atoms with E-state index in [1.807, 2.05) is 4.68 Å². The van der Waals surface area contributed by atoms with E-state index in [0.717, 1.165) is 23.7 Å². The Morgan fingerprint density at radius 3 is 2.65 bits per heavy atom. The molecule has 7 nitrogen and oxygen atoms in total. The first kappa shape index (κ1) is 22.2. The van der Waals surface area contributed by atoms with E-state index >= 15 is 0 Å². The number of benzene rings is 1. The van der Waals surface area contributed by atoms with Gasteiger partial charge in [0.15, 0.2) is 33.8 Å². The normalized spacial score (nSPS) is 30.7. The lowest BCUT2D eigenvalue weighted by molar-refractivity contribution is 0.130. The first-order chi connectivity index (χ1) is 16.4. The van der Waals surface area contributed by atoms with Crippen molar-refractivity contribution in [1.82, 2.24) is 25.0 Å². The van der Waals surface area contributed by atoms with Crippen LogP contribution in [0.3, 0.4) is 0 Å². The SMILES string of the molecule is C[C@@H]1[C@@H](O)CC(n2nnc3c(N[C@@H]4C[C@H]4c4ccc(F)c(F)c4)nc(SCC4CC4)nc32)[C@@H]1C. The van der Waals surface area contributed by atoms with Crippen LogP contribution in [0.2, 0.25) is 0 Å². The Morgan fingerprint density at radius 1 is 1.12 bits per heavy atom. The maximum absolute atomic E-state index is 13.7. The number of nitrogens with one attached hydrogen (secondary N) is 1. The molecule has 1 aromatic carbocycles. The van der Waals surface area contributed by atoms with Crippen molar-refractivity contribution in [3.8, 4) is 0 Å². The topological polar surface area (TPSA) is 88.8 Å². The molecule has 0 aliphatic heterocycles. The van der Waals surface area contributed by atoms with Gasteiger partial charge in [-0.15, -0.1) is 5.10 Å². The summed E-state index contributed by atoms with van der Waals surface area (Å²) in [5, 5.41) is 23.4. The number of thioether (sulfide) groups is 1. The zero-order valence-electron chi connectivity index (χ0n) is 19.2. The monoisotopic (exact) mass is 486 g/mol. The molecule has 6 rings (SSSR count). The Morgan fingerprint density at radius 2 is 1.94 bits per heavy atom. The summed E-state index contributed by atoms with van der Waals surface area (Å²) in [4.78, 5) is 9.60. The van der Waals surface area contributed by atoms with Gasteiger partial charge in [0, 0.05) is 17.7 Å². The third-order valence-electron chi connectivity index (χ3n) is 7.77. The van der Waals surface area contributed by atoms with Gasteiger partial charge in [0.2, 0.25) is 0 Å². The molecule has 2 heterocycles. The minimum atomic E-state index is -0.832. The number of hydrogen-bond donors (Lipinski definition) is 2. The lowest BCUT2D eigenvalue weighted by Gasteiger charge is -2.18. The Labute approximate surface area is 200 Å². The van der Waals surface area contributed by atoms with Gasteiger partial charge in [0.1, 0.15) is 0 Å². The number of aliphatic hydroxyl groups is 1. The molecule has 0 saturated heterocycles. The van der Waals surface area contributed by atoms with Crippen LogP contribution < -0.4 is 5.32 Å². The van der Waals surface area contributed by atoms with Crippen LogP contribution in [0.4, 0.5) is 14.6 Å². The van der Waals surface area contributed by atoms with E-state index in [-0.39, 0.29) is 35.9 Å². The number of anilines is 1. The summed E-state index contributed by atoms with van der Waals surface area (Å²) in [6.45, 7) is 4.21. The summed E-state index contributed by atoms with van der Waals surface area (Å²) in [5.41, 5.74) is 2.06. The maximum atomic E-state index is 13.7. The predicted octanol–water partition coefficient (Wildman–Crippen LogP) is 4.55. The minimum Gasteiger partial charge on any atom is -0.393 e. The number of halogens is 2. The standard InChI is InChI=1S/C24H28F2N6OS/c1-11-12(2)20(33)9-19(11)32-23-21(30-31-32)22(28-24(29-23)34-10-13-3-4-13)27-18-8-15(18)14-5-6-16(25)17(26)7-14/h5-7,11-13,15,18-20,33H,3-4,8-10H2,1-2H3,(H,27,28,29)/t11-,12+,15+,18-,19?,20+/m1/s1. The third kappa shape index (κ3) is 4.04. The molecule has 6 atom stereocenters. The molecule has 3 aliphatic carbocycles. The highest BCUT2D eigenvalue weighted by Crippen LogP contribution is 2.45. The van der Waals surface area contributed by atoms with Gasteiger partial charge in [0.05, 0.1) is 12.1 Å². The van der Waals surface area contributed by atoms with Crippen molar-refractivity contribution < 1.29 is 13.9 Å². The summed E-state index contributed by atoms with van der Waals surface area (Å²) in [6, 6.07) is 4.18. The van der Waals surface area contributed by atoms with E-state index in [9.17, 15) is 13.9 Å². The number of aliphatic hydroxyl groups excluding tert-OH is 1. The molecule has 34 heavy (non-hydrogen) atoms. The largest absolute Gasteiger partial charge is 0.393 e. The molecule has 10 heteroatoms. The van der Waals surface area contributed by atoms with Gasteiger partial charge in [-0.2, -0.15) is 0 Å². The molecule has 3 fully saturated rings. The van der Waals surface area contributed by atoms with Crippen molar-refractivity contribution in [3.63, 3.8) is 0 Å². The van der Waals surface area contributed by atoms with Crippen LogP contribution in [-0.4, -0.2) is 48.0 Å².